The van der Waals surface area contributed by atoms with Crippen LogP contribution in [0.5, 0.6) is 5.75 Å². The number of fused-ring (bicyclic) bond motifs is 1. The highest BCUT2D eigenvalue weighted by Gasteiger charge is 2.37. The van der Waals surface area contributed by atoms with Crippen molar-refractivity contribution < 1.29 is 22.3 Å². The second-order valence-corrected chi connectivity index (χ2v) is 9.96. The Labute approximate surface area is 193 Å². The highest BCUT2D eigenvalue weighted by atomic mass is 32.2. The summed E-state index contributed by atoms with van der Waals surface area (Å²) >= 11 is 0. The predicted molar refractivity (Wildman–Crippen MR) is 124 cm³/mol. The number of hydrogen-bond acceptors (Lipinski definition) is 4. The van der Waals surface area contributed by atoms with Crippen LogP contribution in [0, 0.1) is 19.7 Å². The van der Waals surface area contributed by atoms with Gasteiger partial charge in [0.25, 0.3) is 15.9 Å². The van der Waals surface area contributed by atoms with Gasteiger partial charge < -0.3 is 10.1 Å². The Morgan fingerprint density at radius 3 is 2.39 bits per heavy atom. The molecule has 3 aromatic carbocycles. The van der Waals surface area contributed by atoms with Crippen molar-refractivity contribution in [2.45, 2.75) is 31.3 Å². The summed E-state index contributed by atoms with van der Waals surface area (Å²) in [5, 5.41) is 2.80. The fourth-order valence-corrected chi connectivity index (χ4v) is 5.13. The molecule has 0 saturated carbocycles. The van der Waals surface area contributed by atoms with Crippen molar-refractivity contribution in [2.75, 3.05) is 17.4 Å². The van der Waals surface area contributed by atoms with Gasteiger partial charge in [-0.1, -0.05) is 35.9 Å². The SMILES string of the molecule is Cc1ccc(S(=O)(=O)N2CC(C(=O)NCCc3ccc(F)cc3)Oc3ccc(C)cc32)cc1. The van der Waals surface area contributed by atoms with Crippen LogP contribution in [0.3, 0.4) is 0 Å². The molecule has 0 aromatic heterocycles. The Hall–Kier alpha value is -3.39. The van der Waals surface area contributed by atoms with E-state index in [2.05, 4.69) is 5.32 Å². The number of rotatable bonds is 6. The number of amides is 1. The van der Waals surface area contributed by atoms with Gasteiger partial charge in [0.1, 0.15) is 11.6 Å². The van der Waals surface area contributed by atoms with Gasteiger partial charge in [-0.3, -0.25) is 9.10 Å². The van der Waals surface area contributed by atoms with Crippen LogP contribution in [0.2, 0.25) is 0 Å². The summed E-state index contributed by atoms with van der Waals surface area (Å²) in [4.78, 5) is 13.0. The standard InChI is InChI=1S/C25H25FN2O4S/c1-17-3-10-21(11-4-17)33(30,31)28-16-24(32-23-12-5-18(2)15-22(23)28)25(29)27-14-13-19-6-8-20(26)9-7-19/h3-12,15,24H,13-14,16H2,1-2H3,(H,27,29). The molecule has 4 rings (SSSR count). The third-order valence-corrected chi connectivity index (χ3v) is 7.31. The molecule has 8 heteroatoms. The molecule has 3 aromatic rings. The van der Waals surface area contributed by atoms with Crippen LogP contribution in [0.1, 0.15) is 16.7 Å². The first-order valence-corrected chi connectivity index (χ1v) is 12.1. The first-order valence-electron chi connectivity index (χ1n) is 10.6. The Kier molecular flexibility index (Phi) is 6.37. The van der Waals surface area contributed by atoms with Gasteiger partial charge in [-0.25, -0.2) is 12.8 Å². The van der Waals surface area contributed by atoms with E-state index in [0.29, 0.717) is 24.4 Å². The van der Waals surface area contributed by atoms with E-state index in [4.69, 9.17) is 4.74 Å². The summed E-state index contributed by atoms with van der Waals surface area (Å²) in [7, 11) is -3.91. The lowest BCUT2D eigenvalue weighted by Crippen LogP contribution is -2.51. The summed E-state index contributed by atoms with van der Waals surface area (Å²) in [5.74, 6) is -0.393. The van der Waals surface area contributed by atoms with Crippen molar-refractivity contribution in [1.29, 1.82) is 0 Å². The number of halogens is 1. The second-order valence-electron chi connectivity index (χ2n) is 8.09. The molecule has 172 valence electrons. The van der Waals surface area contributed by atoms with Crippen molar-refractivity contribution >= 4 is 21.6 Å². The van der Waals surface area contributed by atoms with Gasteiger partial charge in [-0.15, -0.1) is 0 Å². The first-order chi connectivity index (χ1) is 15.7. The zero-order chi connectivity index (χ0) is 23.6. The predicted octanol–water partition coefficient (Wildman–Crippen LogP) is 3.76. The molecule has 33 heavy (non-hydrogen) atoms. The third kappa shape index (κ3) is 5.01. The minimum absolute atomic E-state index is 0.144. The third-order valence-electron chi connectivity index (χ3n) is 5.51. The van der Waals surface area contributed by atoms with Gasteiger partial charge in [-0.05, 0) is 67.8 Å². The van der Waals surface area contributed by atoms with Crippen LogP contribution in [0.25, 0.3) is 0 Å². The molecule has 1 N–H and O–H groups in total. The molecule has 0 spiro atoms. The zero-order valence-electron chi connectivity index (χ0n) is 18.4. The average molecular weight is 469 g/mol. The number of sulfonamides is 1. The largest absolute Gasteiger partial charge is 0.476 e. The van der Waals surface area contributed by atoms with Crippen molar-refractivity contribution in [3.63, 3.8) is 0 Å². The van der Waals surface area contributed by atoms with Gasteiger partial charge >= 0.3 is 0 Å². The fraction of sp³-hybridized carbons (Fsp3) is 0.240. The minimum atomic E-state index is -3.91. The number of ether oxygens (including phenoxy) is 1. The maximum absolute atomic E-state index is 13.5. The van der Waals surface area contributed by atoms with E-state index in [1.807, 2.05) is 19.9 Å². The van der Waals surface area contributed by atoms with E-state index in [0.717, 1.165) is 16.7 Å². The van der Waals surface area contributed by atoms with Crippen molar-refractivity contribution in [2.24, 2.45) is 0 Å². The number of benzene rings is 3. The van der Waals surface area contributed by atoms with E-state index in [1.165, 1.54) is 16.4 Å². The Bertz CT molecular complexity index is 1260. The summed E-state index contributed by atoms with van der Waals surface area (Å²) < 4.78 is 47.1. The fourth-order valence-electron chi connectivity index (χ4n) is 3.66. The number of anilines is 1. The molecular formula is C25H25FN2O4S. The van der Waals surface area contributed by atoms with Crippen molar-refractivity contribution in [3.05, 3.63) is 89.2 Å². The number of hydrogen-bond donors (Lipinski definition) is 1. The zero-order valence-corrected chi connectivity index (χ0v) is 19.2. The monoisotopic (exact) mass is 468 g/mol. The van der Waals surface area contributed by atoms with E-state index in [9.17, 15) is 17.6 Å². The van der Waals surface area contributed by atoms with Gasteiger partial charge in [0.15, 0.2) is 6.10 Å². The molecule has 1 unspecified atom stereocenters. The van der Waals surface area contributed by atoms with Crippen molar-refractivity contribution in [3.8, 4) is 5.75 Å². The maximum Gasteiger partial charge on any atom is 0.264 e. The molecule has 1 amide bonds. The highest BCUT2D eigenvalue weighted by molar-refractivity contribution is 7.92. The topological polar surface area (TPSA) is 75.7 Å². The summed E-state index contributed by atoms with van der Waals surface area (Å²) in [6, 6.07) is 17.9. The van der Waals surface area contributed by atoms with Crippen LogP contribution in [0.15, 0.2) is 71.6 Å². The molecule has 1 atom stereocenters. The maximum atomic E-state index is 13.5. The second kappa shape index (κ2) is 9.23. The molecule has 0 aliphatic carbocycles. The number of carbonyl (C=O) groups is 1. The van der Waals surface area contributed by atoms with E-state index < -0.39 is 22.0 Å². The lowest BCUT2D eigenvalue weighted by Gasteiger charge is -2.35. The number of aryl methyl sites for hydroxylation is 2. The Morgan fingerprint density at radius 1 is 1.03 bits per heavy atom. The average Bonchev–Trinajstić information content (AvgIpc) is 2.80. The number of nitrogens with one attached hydrogen (secondary N) is 1. The van der Waals surface area contributed by atoms with E-state index in [-0.39, 0.29) is 17.3 Å². The molecular weight excluding hydrogens is 443 g/mol. The summed E-state index contributed by atoms with van der Waals surface area (Å²) in [6.45, 7) is 3.92. The minimum Gasteiger partial charge on any atom is -0.476 e. The molecule has 0 fully saturated rings. The summed E-state index contributed by atoms with van der Waals surface area (Å²) in [6.07, 6.45) is -0.492. The van der Waals surface area contributed by atoms with Crippen molar-refractivity contribution in [1.82, 2.24) is 5.32 Å². The number of carbonyl (C=O) groups excluding carboxylic acids is 1. The molecule has 1 aliphatic heterocycles. The summed E-state index contributed by atoms with van der Waals surface area (Å²) in [5.41, 5.74) is 3.12. The van der Waals surface area contributed by atoms with Gasteiger partial charge in [0.2, 0.25) is 0 Å². The van der Waals surface area contributed by atoms with Crippen LogP contribution in [-0.4, -0.2) is 33.5 Å². The lowest BCUT2D eigenvalue weighted by atomic mass is 10.1. The highest BCUT2D eigenvalue weighted by Crippen LogP contribution is 2.37. The van der Waals surface area contributed by atoms with Crippen LogP contribution < -0.4 is 14.4 Å². The molecule has 6 nitrogen and oxygen atoms in total. The molecule has 1 aliphatic rings. The van der Waals surface area contributed by atoms with Crippen LogP contribution >= 0.6 is 0 Å². The molecule has 1 heterocycles. The van der Waals surface area contributed by atoms with E-state index >= 15 is 0 Å². The van der Waals surface area contributed by atoms with Crippen LogP contribution in [0.4, 0.5) is 10.1 Å². The van der Waals surface area contributed by atoms with Gasteiger partial charge in [-0.2, -0.15) is 0 Å². The smallest absolute Gasteiger partial charge is 0.264 e. The normalized spacial score (nSPS) is 15.5. The van der Waals surface area contributed by atoms with Gasteiger partial charge in [0, 0.05) is 6.54 Å². The number of nitrogens with zero attached hydrogens (tertiary/aromatic N) is 1. The van der Waals surface area contributed by atoms with Gasteiger partial charge in [0.05, 0.1) is 17.1 Å². The molecule has 0 bridgehead atoms. The first kappa shape index (κ1) is 22.8. The molecule has 0 radical (unpaired) electrons. The van der Waals surface area contributed by atoms with Crippen LogP contribution in [-0.2, 0) is 21.2 Å². The quantitative estimate of drug-likeness (QED) is 0.598. The Balaban J connectivity index is 1.55. The molecule has 0 saturated heterocycles. The Morgan fingerprint density at radius 2 is 1.70 bits per heavy atom. The van der Waals surface area contributed by atoms with E-state index in [1.54, 1.807) is 48.5 Å². The lowest BCUT2D eigenvalue weighted by molar-refractivity contribution is -0.127.